The molecule has 2 heterocycles. The van der Waals surface area contributed by atoms with Crippen LogP contribution in [0.5, 0.6) is 0 Å². The number of benzene rings is 1. The van der Waals surface area contributed by atoms with Crippen LogP contribution in [0.2, 0.25) is 0 Å². The van der Waals surface area contributed by atoms with Crippen LogP contribution >= 0.6 is 0 Å². The number of carbonyl (C=O) groups is 2. The zero-order chi connectivity index (χ0) is 17.1. The van der Waals surface area contributed by atoms with Crippen LogP contribution < -0.4 is 16.0 Å². The lowest BCUT2D eigenvalue weighted by Crippen LogP contribution is -2.48. The summed E-state index contributed by atoms with van der Waals surface area (Å²) in [4.78, 5) is 24.3. The molecule has 0 spiro atoms. The molecule has 0 bridgehead atoms. The lowest BCUT2D eigenvalue weighted by Gasteiger charge is -2.31. The Kier molecular flexibility index (Phi) is 4.66. The van der Waals surface area contributed by atoms with Crippen LogP contribution in [0.15, 0.2) is 41.0 Å². The van der Waals surface area contributed by atoms with E-state index >= 15 is 0 Å². The van der Waals surface area contributed by atoms with Crippen molar-refractivity contribution in [2.24, 2.45) is 11.8 Å². The quantitative estimate of drug-likeness (QED) is 0.788. The van der Waals surface area contributed by atoms with E-state index in [1.165, 1.54) is 6.26 Å². The Morgan fingerprint density at radius 2 is 2.04 bits per heavy atom. The lowest BCUT2D eigenvalue weighted by molar-refractivity contribution is -0.121. The Balaban J connectivity index is 1.63. The monoisotopic (exact) mass is 327 g/mol. The van der Waals surface area contributed by atoms with Crippen LogP contribution in [0.1, 0.15) is 23.0 Å². The van der Waals surface area contributed by atoms with Crippen molar-refractivity contribution >= 4 is 23.2 Å². The van der Waals surface area contributed by atoms with E-state index in [-0.39, 0.29) is 23.5 Å². The van der Waals surface area contributed by atoms with Gasteiger partial charge in [-0.15, -0.1) is 0 Å². The molecular formula is C18H21N3O3. The predicted molar refractivity (Wildman–Crippen MR) is 92.0 cm³/mol. The Bertz CT molecular complexity index is 736. The molecule has 126 valence electrons. The van der Waals surface area contributed by atoms with E-state index in [2.05, 4.69) is 16.0 Å². The maximum Gasteiger partial charge on any atom is 0.291 e. The first kappa shape index (κ1) is 16.3. The number of nitrogens with one attached hydrogen (secondary N) is 3. The highest BCUT2D eigenvalue weighted by atomic mass is 16.3. The summed E-state index contributed by atoms with van der Waals surface area (Å²) in [6, 6.07) is 8.69. The summed E-state index contributed by atoms with van der Waals surface area (Å²) < 4.78 is 5.07. The van der Waals surface area contributed by atoms with Crippen molar-refractivity contribution in [3.63, 3.8) is 0 Å². The van der Waals surface area contributed by atoms with E-state index in [4.69, 9.17) is 4.42 Å². The number of furan rings is 1. The molecule has 1 saturated heterocycles. The molecular weight excluding hydrogens is 306 g/mol. The first-order valence-electron chi connectivity index (χ1n) is 8.01. The molecule has 2 amide bonds. The molecule has 3 rings (SSSR count). The van der Waals surface area contributed by atoms with Crippen molar-refractivity contribution in [3.8, 4) is 0 Å². The third kappa shape index (κ3) is 3.49. The highest BCUT2D eigenvalue weighted by Crippen LogP contribution is 2.23. The predicted octanol–water partition coefficient (Wildman–Crippen LogP) is 2.63. The maximum absolute atomic E-state index is 12.3. The molecule has 24 heavy (non-hydrogen) atoms. The fourth-order valence-electron chi connectivity index (χ4n) is 2.61. The fraction of sp³-hybridized carbons (Fsp3) is 0.333. The number of aryl methyl sites for hydroxylation is 1. The van der Waals surface area contributed by atoms with Gasteiger partial charge in [0.15, 0.2) is 5.76 Å². The zero-order valence-corrected chi connectivity index (χ0v) is 13.8. The SMILES string of the molecule is Cc1cc(NC(=O)C(C)C2CNC2)ccc1NC(=O)c1ccco1. The molecule has 1 atom stereocenters. The molecule has 1 unspecified atom stereocenters. The molecule has 2 aromatic rings. The second-order valence-electron chi connectivity index (χ2n) is 6.16. The first-order chi connectivity index (χ1) is 11.5. The standard InChI is InChI=1S/C18H21N3O3/c1-11-8-14(20-17(22)12(2)13-9-19-10-13)5-6-15(11)21-18(23)16-4-3-7-24-16/h3-8,12-13,19H,9-10H2,1-2H3,(H,20,22)(H,21,23). The van der Waals surface area contributed by atoms with Crippen LogP contribution in [0.3, 0.4) is 0 Å². The molecule has 0 aliphatic carbocycles. The molecule has 3 N–H and O–H groups in total. The van der Waals surface area contributed by atoms with Crippen molar-refractivity contribution in [1.29, 1.82) is 0 Å². The Morgan fingerprint density at radius 3 is 2.62 bits per heavy atom. The zero-order valence-electron chi connectivity index (χ0n) is 13.8. The van der Waals surface area contributed by atoms with Crippen molar-refractivity contribution in [3.05, 3.63) is 47.9 Å². The van der Waals surface area contributed by atoms with Gasteiger partial charge >= 0.3 is 0 Å². The van der Waals surface area contributed by atoms with Crippen molar-refractivity contribution in [1.82, 2.24) is 5.32 Å². The van der Waals surface area contributed by atoms with Crippen LogP contribution in [0.4, 0.5) is 11.4 Å². The largest absolute Gasteiger partial charge is 0.459 e. The second-order valence-corrected chi connectivity index (χ2v) is 6.16. The molecule has 1 aromatic carbocycles. The van der Waals surface area contributed by atoms with Gasteiger partial charge in [-0.25, -0.2) is 0 Å². The number of hydrogen-bond acceptors (Lipinski definition) is 4. The van der Waals surface area contributed by atoms with Gasteiger partial charge in [0.1, 0.15) is 0 Å². The average Bonchev–Trinajstić information content (AvgIpc) is 3.02. The maximum atomic E-state index is 12.3. The highest BCUT2D eigenvalue weighted by molar-refractivity contribution is 6.03. The van der Waals surface area contributed by atoms with Gasteiger partial charge in [-0.05, 0) is 61.8 Å². The first-order valence-corrected chi connectivity index (χ1v) is 8.01. The lowest BCUT2D eigenvalue weighted by atomic mass is 9.88. The number of amides is 2. The van der Waals surface area contributed by atoms with Gasteiger partial charge < -0.3 is 20.4 Å². The minimum Gasteiger partial charge on any atom is -0.459 e. The van der Waals surface area contributed by atoms with Gasteiger partial charge in [-0.1, -0.05) is 6.92 Å². The van der Waals surface area contributed by atoms with E-state index in [1.54, 1.807) is 24.3 Å². The van der Waals surface area contributed by atoms with Gasteiger partial charge in [0.25, 0.3) is 5.91 Å². The summed E-state index contributed by atoms with van der Waals surface area (Å²) >= 11 is 0. The summed E-state index contributed by atoms with van der Waals surface area (Å²) in [5.74, 6) is 0.358. The Labute approximate surface area is 140 Å². The van der Waals surface area contributed by atoms with Gasteiger partial charge in [-0.2, -0.15) is 0 Å². The van der Waals surface area contributed by atoms with Crippen molar-refractivity contribution in [2.45, 2.75) is 13.8 Å². The Hall–Kier alpha value is -2.60. The van der Waals surface area contributed by atoms with Crippen molar-refractivity contribution in [2.75, 3.05) is 23.7 Å². The average molecular weight is 327 g/mol. The minimum absolute atomic E-state index is 0.0215. The van der Waals surface area contributed by atoms with Crippen LogP contribution in [-0.4, -0.2) is 24.9 Å². The molecule has 1 aliphatic heterocycles. The fourth-order valence-corrected chi connectivity index (χ4v) is 2.61. The van der Waals surface area contributed by atoms with Crippen LogP contribution in [-0.2, 0) is 4.79 Å². The summed E-state index contributed by atoms with van der Waals surface area (Å²) in [6.07, 6.45) is 1.46. The molecule has 1 fully saturated rings. The number of anilines is 2. The smallest absolute Gasteiger partial charge is 0.291 e. The van der Waals surface area contributed by atoms with E-state index < -0.39 is 0 Å². The van der Waals surface area contributed by atoms with E-state index in [0.717, 1.165) is 24.3 Å². The van der Waals surface area contributed by atoms with E-state index in [1.807, 2.05) is 19.9 Å². The summed E-state index contributed by atoms with van der Waals surface area (Å²) in [5.41, 5.74) is 2.28. The van der Waals surface area contributed by atoms with Crippen LogP contribution in [0, 0.1) is 18.8 Å². The molecule has 1 aliphatic rings. The molecule has 6 nitrogen and oxygen atoms in total. The van der Waals surface area contributed by atoms with Gasteiger partial charge in [-0.3, -0.25) is 9.59 Å². The third-order valence-corrected chi connectivity index (χ3v) is 4.42. The minimum atomic E-state index is -0.300. The topological polar surface area (TPSA) is 83.4 Å². The highest BCUT2D eigenvalue weighted by Gasteiger charge is 2.28. The number of hydrogen-bond donors (Lipinski definition) is 3. The molecule has 0 saturated carbocycles. The van der Waals surface area contributed by atoms with Gasteiger partial charge in [0, 0.05) is 17.3 Å². The third-order valence-electron chi connectivity index (χ3n) is 4.42. The second kappa shape index (κ2) is 6.88. The van der Waals surface area contributed by atoms with Gasteiger partial charge in [0.2, 0.25) is 5.91 Å². The molecule has 1 aromatic heterocycles. The Morgan fingerprint density at radius 1 is 1.25 bits per heavy atom. The summed E-state index contributed by atoms with van der Waals surface area (Å²) in [7, 11) is 0. The molecule has 0 radical (unpaired) electrons. The van der Waals surface area contributed by atoms with Crippen LogP contribution in [0.25, 0.3) is 0 Å². The number of carbonyl (C=O) groups excluding carboxylic acids is 2. The van der Waals surface area contributed by atoms with Gasteiger partial charge in [0.05, 0.1) is 6.26 Å². The van der Waals surface area contributed by atoms with Crippen molar-refractivity contribution < 1.29 is 14.0 Å². The van der Waals surface area contributed by atoms with E-state index in [9.17, 15) is 9.59 Å². The summed E-state index contributed by atoms with van der Waals surface area (Å²) in [5, 5.41) is 8.92. The molecule has 6 heteroatoms. The number of rotatable bonds is 5. The summed E-state index contributed by atoms with van der Waals surface area (Å²) in [6.45, 7) is 5.62. The normalized spacial score (nSPS) is 15.4. The van der Waals surface area contributed by atoms with E-state index in [0.29, 0.717) is 11.6 Å².